The van der Waals surface area contributed by atoms with Crippen LogP contribution < -0.4 is 0 Å². The molecule has 0 spiro atoms. The van der Waals surface area contributed by atoms with Crippen LogP contribution in [0.1, 0.15) is 15.9 Å². The summed E-state index contributed by atoms with van der Waals surface area (Å²) in [4.78, 5) is 20.4. The number of para-hydroxylation sites is 1. The van der Waals surface area contributed by atoms with E-state index in [2.05, 4.69) is 25.9 Å². The molecule has 1 aromatic carbocycles. The Labute approximate surface area is 149 Å². The number of aromatic amines is 1. The quantitative estimate of drug-likeness (QED) is 0.420. The van der Waals surface area contributed by atoms with Gasteiger partial charge in [-0.25, -0.2) is 4.98 Å². The Morgan fingerprint density at radius 3 is 2.88 bits per heavy atom. The molecule has 1 atom stereocenters. The van der Waals surface area contributed by atoms with Crippen molar-refractivity contribution in [1.82, 2.24) is 13.9 Å². The second-order valence-electron chi connectivity index (χ2n) is 5.39. The summed E-state index contributed by atoms with van der Waals surface area (Å²) < 4.78 is 14.4. The summed E-state index contributed by atoms with van der Waals surface area (Å²) in [6, 6.07) is 9.33. The third kappa shape index (κ3) is 2.36. The Balaban J connectivity index is 1.94. The summed E-state index contributed by atoms with van der Waals surface area (Å²) in [7, 11) is 0. The molecule has 0 amide bonds. The lowest BCUT2D eigenvalue weighted by Crippen LogP contribution is -2.08. The lowest BCUT2D eigenvalue weighted by molar-refractivity contribution is 0.104. The number of benzene rings is 1. The van der Waals surface area contributed by atoms with Crippen molar-refractivity contribution in [2.45, 2.75) is 0 Å². The Morgan fingerprint density at radius 1 is 1.29 bits per heavy atom. The van der Waals surface area contributed by atoms with E-state index in [9.17, 15) is 9.35 Å². The minimum atomic E-state index is -1.24. The predicted molar refractivity (Wildman–Crippen MR) is 98.6 cm³/mol. The fraction of sp³-hybridized carbons (Fsp3) is 0.0588. The molecule has 1 N–H and O–H groups in total. The van der Waals surface area contributed by atoms with E-state index in [1.807, 2.05) is 30.3 Å². The first-order chi connectivity index (χ1) is 11.6. The van der Waals surface area contributed by atoms with Crippen LogP contribution in [0.5, 0.6) is 0 Å². The van der Waals surface area contributed by atoms with Crippen LogP contribution in [0, 0.1) is 0 Å². The average Bonchev–Trinajstić information content (AvgIpc) is 3.15. The lowest BCUT2D eigenvalue weighted by Gasteiger charge is -2.05. The standard InChI is InChI=1S/C17H12BrN3O2S/c1-24(23)21-9-14(11-4-2-3-5-15(11)21)16(22)13-8-20-17-12(13)6-10(18)7-19-17/h2-9H,1H3,(H,19,20). The minimum Gasteiger partial charge on any atom is -0.593 e. The van der Waals surface area contributed by atoms with Gasteiger partial charge in [0.1, 0.15) is 11.9 Å². The summed E-state index contributed by atoms with van der Waals surface area (Å²) in [6.07, 6.45) is 6.60. The number of hydrogen-bond acceptors (Lipinski definition) is 3. The molecule has 0 aliphatic rings. The maximum atomic E-state index is 13.1. The molecule has 0 fully saturated rings. The van der Waals surface area contributed by atoms with E-state index in [0.29, 0.717) is 16.8 Å². The number of ketones is 1. The van der Waals surface area contributed by atoms with E-state index in [0.717, 1.165) is 20.8 Å². The molecule has 24 heavy (non-hydrogen) atoms. The molecule has 4 aromatic rings. The van der Waals surface area contributed by atoms with Crippen LogP contribution in [0.25, 0.3) is 21.9 Å². The Hall–Kier alpha value is -2.09. The topological polar surface area (TPSA) is 73.7 Å². The van der Waals surface area contributed by atoms with Crippen molar-refractivity contribution >= 4 is 55.0 Å². The van der Waals surface area contributed by atoms with E-state index in [4.69, 9.17) is 0 Å². The third-order valence-corrected chi connectivity index (χ3v) is 5.23. The fourth-order valence-electron chi connectivity index (χ4n) is 2.85. The van der Waals surface area contributed by atoms with Gasteiger partial charge in [0.2, 0.25) is 0 Å². The normalized spacial score (nSPS) is 12.8. The van der Waals surface area contributed by atoms with Crippen LogP contribution in [0.4, 0.5) is 0 Å². The molecule has 3 aromatic heterocycles. The second-order valence-corrected chi connectivity index (χ2v) is 7.55. The molecule has 0 radical (unpaired) electrons. The van der Waals surface area contributed by atoms with Gasteiger partial charge >= 0.3 is 0 Å². The van der Waals surface area contributed by atoms with Crippen LogP contribution in [0.15, 0.2) is 53.4 Å². The number of fused-ring (bicyclic) bond motifs is 2. The van der Waals surface area contributed by atoms with Crippen LogP contribution in [0.3, 0.4) is 0 Å². The van der Waals surface area contributed by atoms with Gasteiger partial charge in [-0.2, -0.15) is 3.97 Å². The number of nitrogens with one attached hydrogen (secondary N) is 1. The summed E-state index contributed by atoms with van der Waals surface area (Å²) in [5.41, 5.74) is 2.51. The fourth-order valence-corrected chi connectivity index (χ4v) is 3.88. The monoisotopic (exact) mass is 401 g/mol. The number of H-pyrrole nitrogens is 1. The van der Waals surface area contributed by atoms with E-state index in [-0.39, 0.29) is 5.78 Å². The average molecular weight is 402 g/mol. The zero-order valence-corrected chi connectivity index (χ0v) is 15.0. The Bertz CT molecular complexity index is 1080. The van der Waals surface area contributed by atoms with Gasteiger partial charge in [-0.1, -0.05) is 18.2 Å². The molecular formula is C17H12BrN3O2S. The first-order valence-corrected chi connectivity index (χ1v) is 9.48. The molecule has 1 unspecified atom stereocenters. The molecule has 7 heteroatoms. The van der Waals surface area contributed by atoms with Crippen molar-refractivity contribution in [1.29, 1.82) is 0 Å². The number of hydrogen-bond donors (Lipinski definition) is 1. The maximum absolute atomic E-state index is 13.1. The van der Waals surface area contributed by atoms with E-state index < -0.39 is 11.4 Å². The Kier molecular flexibility index (Phi) is 3.71. The highest BCUT2D eigenvalue weighted by Gasteiger charge is 2.22. The van der Waals surface area contributed by atoms with Gasteiger partial charge in [0.15, 0.2) is 5.78 Å². The summed E-state index contributed by atoms with van der Waals surface area (Å²) in [5.74, 6) is -0.124. The minimum absolute atomic E-state index is 0.124. The molecular weight excluding hydrogens is 390 g/mol. The maximum Gasteiger partial charge on any atom is 0.197 e. The van der Waals surface area contributed by atoms with Crippen LogP contribution >= 0.6 is 15.9 Å². The van der Waals surface area contributed by atoms with Crippen molar-refractivity contribution in [2.75, 3.05) is 6.26 Å². The van der Waals surface area contributed by atoms with E-state index in [1.54, 1.807) is 28.8 Å². The molecule has 0 bridgehead atoms. The third-order valence-electron chi connectivity index (χ3n) is 3.94. The molecule has 120 valence electrons. The number of pyridine rings is 1. The molecule has 0 aliphatic heterocycles. The van der Waals surface area contributed by atoms with Crippen molar-refractivity contribution in [3.63, 3.8) is 0 Å². The van der Waals surface area contributed by atoms with Gasteiger partial charge in [0, 0.05) is 33.2 Å². The molecule has 0 saturated heterocycles. The van der Waals surface area contributed by atoms with Crippen molar-refractivity contribution in [3.05, 3.63) is 64.5 Å². The van der Waals surface area contributed by atoms with Crippen molar-refractivity contribution in [3.8, 4) is 0 Å². The molecule has 5 nitrogen and oxygen atoms in total. The zero-order valence-electron chi connectivity index (χ0n) is 12.6. The van der Waals surface area contributed by atoms with Crippen LogP contribution in [0.2, 0.25) is 0 Å². The van der Waals surface area contributed by atoms with Crippen LogP contribution in [-0.2, 0) is 11.4 Å². The number of nitrogens with zero attached hydrogens (tertiary/aromatic N) is 2. The number of carbonyl (C=O) groups is 1. The van der Waals surface area contributed by atoms with Crippen molar-refractivity contribution < 1.29 is 9.35 Å². The lowest BCUT2D eigenvalue weighted by atomic mass is 10.0. The number of halogens is 1. The molecule has 0 saturated carbocycles. The number of rotatable bonds is 3. The SMILES string of the molecule is C[S+]([O-])n1cc(C(=O)c2c[nH]c3ncc(Br)cc23)c2ccccc21. The molecule has 0 aliphatic carbocycles. The first kappa shape index (κ1) is 15.4. The number of aromatic nitrogens is 3. The summed E-state index contributed by atoms with van der Waals surface area (Å²) in [6.45, 7) is 0. The predicted octanol–water partition coefficient (Wildman–Crippen LogP) is 3.65. The van der Waals surface area contributed by atoms with Gasteiger partial charge in [-0.15, -0.1) is 0 Å². The van der Waals surface area contributed by atoms with Gasteiger partial charge in [-0.3, -0.25) is 4.79 Å². The largest absolute Gasteiger partial charge is 0.593 e. The second kappa shape index (κ2) is 5.77. The summed E-state index contributed by atoms with van der Waals surface area (Å²) >= 11 is 2.15. The van der Waals surface area contributed by atoms with E-state index >= 15 is 0 Å². The van der Waals surface area contributed by atoms with Crippen molar-refractivity contribution in [2.24, 2.45) is 0 Å². The van der Waals surface area contributed by atoms with E-state index in [1.165, 1.54) is 0 Å². The number of carbonyl (C=O) groups excluding carboxylic acids is 1. The van der Waals surface area contributed by atoms with Crippen LogP contribution in [-0.4, -0.2) is 30.5 Å². The molecule has 3 heterocycles. The summed E-state index contributed by atoms with van der Waals surface area (Å²) in [5, 5.41) is 1.54. The Morgan fingerprint density at radius 2 is 2.08 bits per heavy atom. The van der Waals surface area contributed by atoms with Gasteiger partial charge in [0.25, 0.3) is 0 Å². The van der Waals surface area contributed by atoms with Gasteiger partial charge in [0.05, 0.1) is 28.6 Å². The highest BCUT2D eigenvalue weighted by atomic mass is 79.9. The van der Waals surface area contributed by atoms with Gasteiger partial charge < -0.3 is 9.54 Å². The molecule has 4 rings (SSSR count). The highest BCUT2D eigenvalue weighted by molar-refractivity contribution is 9.10. The smallest absolute Gasteiger partial charge is 0.197 e. The van der Waals surface area contributed by atoms with Gasteiger partial charge in [-0.05, 0) is 28.1 Å². The zero-order chi connectivity index (χ0) is 16.8. The highest BCUT2D eigenvalue weighted by Crippen LogP contribution is 2.28. The first-order valence-electron chi connectivity index (χ1n) is 7.17.